The Bertz CT molecular complexity index is 763. The Morgan fingerprint density at radius 2 is 1.40 bits per heavy atom. The fourth-order valence-corrected chi connectivity index (χ4v) is 2.06. The van der Waals surface area contributed by atoms with Gasteiger partial charge in [0, 0.05) is 13.8 Å². The molecule has 2 unspecified atom stereocenters. The van der Waals surface area contributed by atoms with Crippen molar-refractivity contribution >= 4 is 29.8 Å². The maximum absolute atomic E-state index is 12.4. The topological polar surface area (TPSA) is 132 Å². The van der Waals surface area contributed by atoms with Crippen molar-refractivity contribution in [2.24, 2.45) is 10.8 Å². The number of esters is 5. The molecule has 0 spiro atoms. The maximum atomic E-state index is 12.4. The Labute approximate surface area is 174 Å². The van der Waals surface area contributed by atoms with E-state index in [0.29, 0.717) is 0 Å². The fourth-order valence-electron chi connectivity index (χ4n) is 2.06. The van der Waals surface area contributed by atoms with E-state index in [4.69, 9.17) is 23.7 Å². The second-order valence-corrected chi connectivity index (χ2v) is 8.75. The van der Waals surface area contributed by atoms with Crippen LogP contribution in [0.5, 0.6) is 0 Å². The van der Waals surface area contributed by atoms with Crippen molar-refractivity contribution in [3.8, 4) is 0 Å². The van der Waals surface area contributed by atoms with Crippen molar-refractivity contribution in [1.82, 2.24) is 0 Å². The molecule has 1 aliphatic heterocycles. The highest BCUT2D eigenvalue weighted by atomic mass is 16.7. The molecule has 0 aliphatic carbocycles. The van der Waals surface area contributed by atoms with Gasteiger partial charge < -0.3 is 23.7 Å². The van der Waals surface area contributed by atoms with Crippen LogP contribution < -0.4 is 0 Å². The van der Waals surface area contributed by atoms with Gasteiger partial charge in [-0.2, -0.15) is 0 Å². The quantitative estimate of drug-likeness (QED) is 0.455. The molecule has 30 heavy (non-hydrogen) atoms. The van der Waals surface area contributed by atoms with Crippen molar-refractivity contribution in [2.75, 3.05) is 6.61 Å². The third kappa shape index (κ3) is 6.85. The Hall–Kier alpha value is -2.91. The summed E-state index contributed by atoms with van der Waals surface area (Å²) < 4.78 is 25.6. The van der Waals surface area contributed by atoms with Crippen LogP contribution in [-0.4, -0.2) is 48.7 Å². The van der Waals surface area contributed by atoms with Crippen LogP contribution in [0, 0.1) is 10.8 Å². The van der Waals surface area contributed by atoms with Gasteiger partial charge in [0.15, 0.2) is 6.10 Å². The first kappa shape index (κ1) is 25.1. The minimum absolute atomic E-state index is 0.443. The standard InChI is InChI=1S/C20H28O10/c1-10(21)27-14-13(30-16(23)15(14)28-11(2)22)12(29-18(25)20(6,7)8)9-26-17(24)19(3,4)5/h12-13H,9H2,1-8H3. The van der Waals surface area contributed by atoms with Gasteiger partial charge in [0.25, 0.3) is 5.76 Å². The van der Waals surface area contributed by atoms with E-state index in [9.17, 15) is 24.0 Å². The predicted octanol–water partition coefficient (Wildman–Crippen LogP) is 1.80. The van der Waals surface area contributed by atoms with Crippen molar-refractivity contribution in [2.45, 2.75) is 67.6 Å². The van der Waals surface area contributed by atoms with E-state index in [1.54, 1.807) is 41.5 Å². The van der Waals surface area contributed by atoms with Gasteiger partial charge in [-0.15, -0.1) is 0 Å². The summed E-state index contributed by atoms with van der Waals surface area (Å²) in [6.45, 7) is 11.3. The van der Waals surface area contributed by atoms with Gasteiger partial charge in [0.05, 0.1) is 10.8 Å². The molecule has 0 aromatic heterocycles. The van der Waals surface area contributed by atoms with Crippen molar-refractivity contribution in [3.63, 3.8) is 0 Å². The lowest BCUT2D eigenvalue weighted by Gasteiger charge is -2.28. The molecule has 1 rings (SSSR count). The van der Waals surface area contributed by atoms with E-state index in [1.165, 1.54) is 0 Å². The van der Waals surface area contributed by atoms with Crippen LogP contribution in [0.2, 0.25) is 0 Å². The van der Waals surface area contributed by atoms with Crippen LogP contribution in [0.3, 0.4) is 0 Å². The summed E-state index contributed by atoms with van der Waals surface area (Å²) in [6, 6.07) is 0. The summed E-state index contributed by atoms with van der Waals surface area (Å²) in [6.07, 6.45) is -2.82. The number of hydrogen-bond acceptors (Lipinski definition) is 10. The van der Waals surface area contributed by atoms with Crippen LogP contribution in [-0.2, 0) is 47.7 Å². The summed E-state index contributed by atoms with van der Waals surface area (Å²) in [4.78, 5) is 59.6. The molecule has 0 fully saturated rings. The number of ether oxygens (including phenoxy) is 5. The molecule has 0 amide bonds. The third-order valence-corrected chi connectivity index (χ3v) is 3.60. The van der Waals surface area contributed by atoms with Crippen LogP contribution in [0.4, 0.5) is 0 Å². The summed E-state index contributed by atoms with van der Waals surface area (Å²) in [5, 5.41) is 0. The Morgan fingerprint density at radius 3 is 1.83 bits per heavy atom. The van der Waals surface area contributed by atoms with Crippen molar-refractivity contribution < 1.29 is 47.7 Å². The minimum atomic E-state index is -1.46. The monoisotopic (exact) mass is 428 g/mol. The fraction of sp³-hybridized carbons (Fsp3) is 0.650. The molecule has 168 valence electrons. The highest BCUT2D eigenvalue weighted by molar-refractivity contribution is 5.93. The highest BCUT2D eigenvalue weighted by Gasteiger charge is 2.47. The molecule has 0 aromatic carbocycles. The Balaban J connectivity index is 3.30. The number of carbonyl (C=O) groups is 5. The van der Waals surface area contributed by atoms with Gasteiger partial charge in [-0.25, -0.2) is 4.79 Å². The van der Waals surface area contributed by atoms with Gasteiger partial charge in [-0.3, -0.25) is 19.2 Å². The molecule has 2 atom stereocenters. The first-order chi connectivity index (χ1) is 13.5. The number of carbonyl (C=O) groups excluding carboxylic acids is 5. The number of hydrogen-bond donors (Lipinski definition) is 0. The van der Waals surface area contributed by atoms with E-state index in [0.717, 1.165) is 13.8 Å². The number of cyclic esters (lactones) is 1. The summed E-state index contributed by atoms with van der Waals surface area (Å²) in [5.74, 6) is -5.13. The molecule has 10 heteroatoms. The zero-order chi connectivity index (χ0) is 23.4. The first-order valence-corrected chi connectivity index (χ1v) is 9.24. The highest BCUT2D eigenvalue weighted by Crippen LogP contribution is 2.31. The van der Waals surface area contributed by atoms with E-state index < -0.39 is 71.0 Å². The molecule has 1 heterocycles. The van der Waals surface area contributed by atoms with Gasteiger partial charge in [-0.05, 0) is 41.5 Å². The Kier molecular flexibility index (Phi) is 7.76. The lowest BCUT2D eigenvalue weighted by Crippen LogP contribution is -2.42. The van der Waals surface area contributed by atoms with Crippen molar-refractivity contribution in [3.05, 3.63) is 11.5 Å². The molecule has 1 aliphatic rings. The number of rotatable bonds is 6. The molecular weight excluding hydrogens is 400 g/mol. The average molecular weight is 428 g/mol. The molecule has 10 nitrogen and oxygen atoms in total. The smallest absolute Gasteiger partial charge is 0.379 e. The van der Waals surface area contributed by atoms with Crippen LogP contribution in [0.1, 0.15) is 55.4 Å². The largest absolute Gasteiger partial charge is 0.461 e. The summed E-state index contributed by atoms with van der Waals surface area (Å²) in [7, 11) is 0. The van der Waals surface area contributed by atoms with Gasteiger partial charge in [0.1, 0.15) is 6.61 Å². The van der Waals surface area contributed by atoms with Crippen molar-refractivity contribution in [1.29, 1.82) is 0 Å². The SMILES string of the molecule is CC(=O)OC1=C(OC(C)=O)C(C(COC(=O)C(C)(C)C)OC(=O)C(C)(C)C)OC1=O. The molecule has 0 N–H and O–H groups in total. The lowest BCUT2D eigenvalue weighted by atomic mass is 9.97. The van der Waals surface area contributed by atoms with E-state index in [1.807, 2.05) is 0 Å². The first-order valence-electron chi connectivity index (χ1n) is 9.24. The summed E-state index contributed by atoms with van der Waals surface area (Å²) in [5.41, 5.74) is -1.78. The molecule has 0 saturated heterocycles. The van der Waals surface area contributed by atoms with Crippen LogP contribution in [0.15, 0.2) is 11.5 Å². The average Bonchev–Trinajstić information content (AvgIpc) is 2.84. The maximum Gasteiger partial charge on any atom is 0.379 e. The third-order valence-electron chi connectivity index (χ3n) is 3.60. The lowest BCUT2D eigenvalue weighted by molar-refractivity contribution is -0.179. The molecular formula is C20H28O10. The van der Waals surface area contributed by atoms with E-state index in [-0.39, 0.29) is 0 Å². The van der Waals surface area contributed by atoms with Gasteiger partial charge in [-0.1, -0.05) is 0 Å². The molecule has 0 saturated carbocycles. The normalized spacial score (nSPS) is 17.7. The van der Waals surface area contributed by atoms with Crippen LogP contribution >= 0.6 is 0 Å². The van der Waals surface area contributed by atoms with Gasteiger partial charge in [0.2, 0.25) is 11.9 Å². The second kappa shape index (κ2) is 9.27. The van der Waals surface area contributed by atoms with Gasteiger partial charge >= 0.3 is 29.8 Å². The van der Waals surface area contributed by atoms with E-state index >= 15 is 0 Å². The minimum Gasteiger partial charge on any atom is -0.461 e. The molecule has 0 radical (unpaired) electrons. The Morgan fingerprint density at radius 1 is 0.900 bits per heavy atom. The molecule has 0 bridgehead atoms. The second-order valence-electron chi connectivity index (χ2n) is 8.75. The van der Waals surface area contributed by atoms with E-state index in [2.05, 4.69) is 0 Å². The zero-order valence-electron chi connectivity index (χ0n) is 18.4. The predicted molar refractivity (Wildman–Crippen MR) is 100 cm³/mol. The zero-order valence-corrected chi connectivity index (χ0v) is 18.4. The van der Waals surface area contributed by atoms with Crippen LogP contribution in [0.25, 0.3) is 0 Å². The molecule has 0 aromatic rings. The summed E-state index contributed by atoms with van der Waals surface area (Å²) >= 11 is 0.